The molecule has 4 heteroatoms. The van der Waals surface area contributed by atoms with Crippen molar-refractivity contribution in [3.05, 3.63) is 75.5 Å². The van der Waals surface area contributed by atoms with E-state index in [-0.39, 0.29) is 5.69 Å². The van der Waals surface area contributed by atoms with E-state index in [4.69, 9.17) is 10.7 Å². The molecule has 0 saturated heterocycles. The third-order valence-electron chi connectivity index (χ3n) is 3.69. The monoisotopic (exact) mass is 298 g/mol. The molecule has 0 unspecified atom stereocenters. The van der Waals surface area contributed by atoms with Gasteiger partial charge in [-0.25, -0.2) is 4.98 Å². The molecule has 1 aliphatic carbocycles. The lowest BCUT2D eigenvalue weighted by molar-refractivity contribution is 0.845. The number of rotatable bonds is 1. The molecule has 1 N–H and O–H groups in total. The van der Waals surface area contributed by atoms with Gasteiger partial charge in [-0.05, 0) is 22.1 Å². The first-order chi connectivity index (χ1) is 11.2. The summed E-state index contributed by atoms with van der Waals surface area (Å²) < 4.78 is 1.68. The van der Waals surface area contributed by atoms with Gasteiger partial charge in [-0.3, -0.25) is 5.41 Å². The molecule has 0 fully saturated rings. The van der Waals surface area contributed by atoms with E-state index in [2.05, 4.69) is 35.1 Å². The zero-order chi connectivity index (χ0) is 16.2. The molecule has 110 valence electrons. The van der Waals surface area contributed by atoms with Crippen molar-refractivity contribution in [3.8, 4) is 6.07 Å². The molecule has 0 aliphatic heterocycles. The van der Waals surface area contributed by atoms with Gasteiger partial charge in [-0.15, -0.1) is 0 Å². The molecule has 3 rings (SSSR count). The Balaban J connectivity index is 2.07. The number of imidazole rings is 1. The van der Waals surface area contributed by atoms with Gasteiger partial charge in [0.05, 0.1) is 0 Å². The van der Waals surface area contributed by atoms with Gasteiger partial charge in [-0.2, -0.15) is 5.26 Å². The zero-order valence-electron chi connectivity index (χ0n) is 12.6. The van der Waals surface area contributed by atoms with Crippen LogP contribution in [0, 0.1) is 16.7 Å². The highest BCUT2D eigenvalue weighted by atomic mass is 15.0. The SMILES string of the molecule is Cn1c(=C=N)c(C#N)n/c1=C/C=c1ccc(=C2C=CC=C2)cc1. The van der Waals surface area contributed by atoms with Crippen LogP contribution in [0.25, 0.3) is 17.7 Å². The van der Waals surface area contributed by atoms with Crippen molar-refractivity contribution in [2.24, 2.45) is 7.05 Å². The lowest BCUT2D eigenvalue weighted by Gasteiger charge is -1.91. The predicted molar refractivity (Wildman–Crippen MR) is 90.3 cm³/mol. The van der Waals surface area contributed by atoms with Gasteiger partial charge in [0.2, 0.25) is 0 Å². The molecule has 0 radical (unpaired) electrons. The summed E-state index contributed by atoms with van der Waals surface area (Å²) >= 11 is 0. The minimum atomic E-state index is 0.216. The highest BCUT2D eigenvalue weighted by Crippen LogP contribution is 2.05. The number of benzene rings is 1. The van der Waals surface area contributed by atoms with Crippen molar-refractivity contribution < 1.29 is 0 Å². The molecule has 0 amide bonds. The largest absolute Gasteiger partial charge is 0.319 e. The van der Waals surface area contributed by atoms with E-state index in [1.165, 1.54) is 10.8 Å². The van der Waals surface area contributed by atoms with Crippen LogP contribution in [-0.4, -0.2) is 15.4 Å². The average molecular weight is 298 g/mol. The summed E-state index contributed by atoms with van der Waals surface area (Å²) in [5, 5.41) is 18.9. The van der Waals surface area contributed by atoms with E-state index in [1.54, 1.807) is 11.6 Å². The summed E-state index contributed by atoms with van der Waals surface area (Å²) in [7, 11) is 1.77. The first-order valence-electron chi connectivity index (χ1n) is 7.12. The second-order valence-electron chi connectivity index (χ2n) is 5.09. The number of nitrogens with zero attached hydrogens (tertiary/aromatic N) is 3. The lowest BCUT2D eigenvalue weighted by atomic mass is 10.1. The van der Waals surface area contributed by atoms with Gasteiger partial charge < -0.3 is 4.57 Å². The molecule has 0 atom stereocenters. The Kier molecular flexibility index (Phi) is 3.88. The smallest absolute Gasteiger partial charge is 0.176 e. The van der Waals surface area contributed by atoms with Gasteiger partial charge in [-0.1, -0.05) is 54.6 Å². The Hall–Kier alpha value is -3.41. The van der Waals surface area contributed by atoms with Crippen molar-refractivity contribution >= 4 is 23.6 Å². The van der Waals surface area contributed by atoms with Crippen LogP contribution in [0.2, 0.25) is 0 Å². The van der Waals surface area contributed by atoms with Crippen LogP contribution in [0.3, 0.4) is 0 Å². The van der Waals surface area contributed by atoms with E-state index in [0.29, 0.717) is 10.8 Å². The Morgan fingerprint density at radius 1 is 1.13 bits per heavy atom. The Bertz CT molecular complexity index is 1090. The topological polar surface area (TPSA) is 65.5 Å². The molecule has 1 aromatic heterocycles. The van der Waals surface area contributed by atoms with Crippen LogP contribution >= 0.6 is 0 Å². The number of hydrogen-bond donors (Lipinski definition) is 1. The summed E-state index contributed by atoms with van der Waals surface area (Å²) in [4.78, 5) is 4.20. The minimum absolute atomic E-state index is 0.216. The van der Waals surface area contributed by atoms with Crippen LogP contribution in [0.5, 0.6) is 0 Å². The molecule has 23 heavy (non-hydrogen) atoms. The van der Waals surface area contributed by atoms with Crippen LogP contribution in [-0.2, 0) is 7.05 Å². The fourth-order valence-corrected chi connectivity index (χ4v) is 2.41. The molecule has 1 heterocycles. The molecule has 0 bridgehead atoms. The quantitative estimate of drug-likeness (QED) is 0.738. The maximum Gasteiger partial charge on any atom is 0.176 e. The van der Waals surface area contributed by atoms with Crippen molar-refractivity contribution in [3.63, 3.8) is 0 Å². The van der Waals surface area contributed by atoms with E-state index in [0.717, 1.165) is 5.22 Å². The second kappa shape index (κ2) is 6.15. The zero-order valence-corrected chi connectivity index (χ0v) is 12.6. The van der Waals surface area contributed by atoms with Crippen molar-refractivity contribution in [2.45, 2.75) is 0 Å². The van der Waals surface area contributed by atoms with E-state index in [9.17, 15) is 0 Å². The maximum absolute atomic E-state index is 9.02. The van der Waals surface area contributed by atoms with E-state index < -0.39 is 0 Å². The van der Waals surface area contributed by atoms with Crippen molar-refractivity contribution in [2.75, 3.05) is 0 Å². The lowest BCUT2D eigenvalue weighted by Crippen LogP contribution is -2.25. The second-order valence-corrected chi connectivity index (χ2v) is 5.09. The number of hydrogen-bond acceptors (Lipinski definition) is 3. The average Bonchev–Trinajstić information content (AvgIpc) is 3.21. The standard InChI is InChI=1S/C19H14N4/c1-23-18(13-21)17(12-20)22-19(23)11-8-14-6-9-16(10-7-14)15-4-2-3-5-15/h2-11,21H,1H3/b19-11-. The molecular formula is C19H14N4. The van der Waals surface area contributed by atoms with E-state index in [1.807, 2.05) is 42.5 Å². The molecule has 0 saturated carbocycles. The van der Waals surface area contributed by atoms with Gasteiger partial charge >= 0.3 is 0 Å². The third-order valence-corrected chi connectivity index (χ3v) is 3.69. The predicted octanol–water partition coefficient (Wildman–Crippen LogP) is -0.250. The fraction of sp³-hybridized carbons (Fsp3) is 0.0526. The molecule has 1 aliphatic rings. The molecule has 0 spiro atoms. The minimum Gasteiger partial charge on any atom is -0.319 e. The normalized spacial score (nSPS) is 13.2. The first-order valence-corrected chi connectivity index (χ1v) is 7.12. The number of nitriles is 1. The maximum atomic E-state index is 9.02. The first kappa shape index (κ1) is 14.5. The summed E-state index contributed by atoms with van der Waals surface area (Å²) in [6, 6.07) is 10.2. The van der Waals surface area contributed by atoms with Gasteiger partial charge in [0, 0.05) is 12.9 Å². The number of nitrogens with one attached hydrogen (secondary N) is 1. The molecule has 2 aromatic rings. The highest BCUT2D eigenvalue weighted by Gasteiger charge is 2.01. The van der Waals surface area contributed by atoms with Crippen LogP contribution in [0.4, 0.5) is 0 Å². The van der Waals surface area contributed by atoms with Crippen LogP contribution < -0.4 is 21.3 Å². The summed E-state index contributed by atoms with van der Waals surface area (Å²) in [5.41, 5.74) is 2.04. The molecule has 4 nitrogen and oxygen atoms in total. The van der Waals surface area contributed by atoms with Crippen LogP contribution in [0.15, 0.2) is 48.6 Å². The Morgan fingerprint density at radius 3 is 2.39 bits per heavy atom. The number of allylic oxidation sites excluding steroid dienone is 4. The Morgan fingerprint density at radius 2 is 1.83 bits per heavy atom. The van der Waals surface area contributed by atoms with Gasteiger partial charge in [0.25, 0.3) is 0 Å². The van der Waals surface area contributed by atoms with Gasteiger partial charge in [0.1, 0.15) is 16.9 Å². The van der Waals surface area contributed by atoms with Crippen molar-refractivity contribution in [1.29, 1.82) is 10.7 Å². The fourth-order valence-electron chi connectivity index (χ4n) is 2.41. The van der Waals surface area contributed by atoms with Crippen LogP contribution in [0.1, 0.15) is 5.69 Å². The molecular weight excluding hydrogens is 284 g/mol. The molecule has 1 aromatic carbocycles. The summed E-state index contributed by atoms with van der Waals surface area (Å²) in [5.74, 6) is 2.25. The summed E-state index contributed by atoms with van der Waals surface area (Å²) in [6.45, 7) is 0. The number of aromatic nitrogens is 2. The van der Waals surface area contributed by atoms with E-state index >= 15 is 0 Å². The van der Waals surface area contributed by atoms with Crippen molar-refractivity contribution in [1.82, 2.24) is 9.55 Å². The highest BCUT2D eigenvalue weighted by molar-refractivity contribution is 5.71. The Labute approximate surface area is 133 Å². The van der Waals surface area contributed by atoms with Gasteiger partial charge in [0.15, 0.2) is 5.69 Å². The third kappa shape index (κ3) is 2.82. The summed E-state index contributed by atoms with van der Waals surface area (Å²) in [6.07, 6.45) is 12.0.